The Morgan fingerprint density at radius 3 is 3.00 bits per heavy atom. The van der Waals surface area contributed by atoms with Gasteiger partial charge >= 0.3 is 0 Å². The molecule has 0 aliphatic heterocycles. The first-order valence-electron chi connectivity index (χ1n) is 7.00. The van der Waals surface area contributed by atoms with Crippen molar-refractivity contribution >= 4 is 5.91 Å². The van der Waals surface area contributed by atoms with Crippen LogP contribution in [-0.4, -0.2) is 30.3 Å². The van der Waals surface area contributed by atoms with E-state index in [-0.39, 0.29) is 11.7 Å². The quantitative estimate of drug-likeness (QED) is 0.831. The Labute approximate surface area is 113 Å². The van der Waals surface area contributed by atoms with Gasteiger partial charge in [0.2, 0.25) is 5.76 Å². The van der Waals surface area contributed by atoms with Gasteiger partial charge in [0, 0.05) is 12.6 Å². The van der Waals surface area contributed by atoms with Gasteiger partial charge in [-0.2, -0.15) is 0 Å². The number of carbonyl (C=O) groups excluding carboxylic acids is 1. The zero-order valence-electron chi connectivity index (χ0n) is 11.6. The molecule has 0 bridgehead atoms. The van der Waals surface area contributed by atoms with Crippen molar-refractivity contribution in [2.45, 2.75) is 45.6 Å². The lowest BCUT2D eigenvalue weighted by Gasteiger charge is -2.28. The van der Waals surface area contributed by atoms with Crippen molar-refractivity contribution in [2.24, 2.45) is 5.92 Å². The van der Waals surface area contributed by atoms with Crippen LogP contribution in [0, 0.1) is 12.8 Å². The number of amides is 1. The van der Waals surface area contributed by atoms with E-state index in [1.165, 1.54) is 19.3 Å². The molecule has 1 fully saturated rings. The van der Waals surface area contributed by atoms with E-state index in [2.05, 4.69) is 17.4 Å². The van der Waals surface area contributed by atoms with Gasteiger partial charge in [0.15, 0.2) is 0 Å². The minimum atomic E-state index is -0.235. The van der Waals surface area contributed by atoms with E-state index in [1.54, 1.807) is 13.0 Å². The maximum Gasteiger partial charge on any atom is 0.289 e. The van der Waals surface area contributed by atoms with E-state index in [0.717, 1.165) is 6.42 Å². The molecule has 0 radical (unpaired) electrons. The molecule has 0 saturated heterocycles. The number of aryl methyl sites for hydroxylation is 1. The molecule has 1 amide bonds. The van der Waals surface area contributed by atoms with Crippen molar-refractivity contribution in [2.75, 3.05) is 13.2 Å². The summed E-state index contributed by atoms with van der Waals surface area (Å²) >= 11 is 0. The summed E-state index contributed by atoms with van der Waals surface area (Å²) < 4.78 is 10.7. The van der Waals surface area contributed by atoms with Crippen LogP contribution in [0.5, 0.6) is 0 Å². The number of hydrogen-bond donors (Lipinski definition) is 1. The molecule has 106 valence electrons. The van der Waals surface area contributed by atoms with E-state index in [4.69, 9.17) is 9.26 Å². The smallest absolute Gasteiger partial charge is 0.289 e. The zero-order valence-corrected chi connectivity index (χ0v) is 11.6. The van der Waals surface area contributed by atoms with Gasteiger partial charge in [0.25, 0.3) is 5.91 Å². The van der Waals surface area contributed by atoms with E-state index in [0.29, 0.717) is 30.9 Å². The van der Waals surface area contributed by atoms with E-state index < -0.39 is 0 Å². The molecule has 1 aliphatic rings. The fourth-order valence-electron chi connectivity index (χ4n) is 2.46. The van der Waals surface area contributed by atoms with Gasteiger partial charge in [-0.15, -0.1) is 0 Å². The van der Waals surface area contributed by atoms with Gasteiger partial charge in [-0.1, -0.05) is 24.9 Å². The number of nitrogens with zero attached hydrogens (tertiary/aromatic N) is 1. The fourth-order valence-corrected chi connectivity index (χ4v) is 2.46. The summed E-state index contributed by atoms with van der Waals surface area (Å²) in [5.74, 6) is 0.644. The van der Waals surface area contributed by atoms with Crippen LogP contribution in [0.4, 0.5) is 0 Å². The molecule has 1 N–H and O–H groups in total. The zero-order chi connectivity index (χ0) is 13.7. The molecule has 2 rings (SSSR count). The average molecular weight is 266 g/mol. The Morgan fingerprint density at radius 2 is 2.32 bits per heavy atom. The summed E-state index contributed by atoms with van der Waals surface area (Å²) in [7, 11) is 0. The van der Waals surface area contributed by atoms with Crippen molar-refractivity contribution in [1.82, 2.24) is 10.5 Å². The third-order valence-electron chi connectivity index (χ3n) is 3.60. The van der Waals surface area contributed by atoms with Gasteiger partial charge in [-0.25, -0.2) is 0 Å². The first-order valence-corrected chi connectivity index (χ1v) is 7.00. The number of aromatic nitrogens is 1. The van der Waals surface area contributed by atoms with Crippen LogP contribution in [0.2, 0.25) is 0 Å². The number of nitrogens with one attached hydrogen (secondary N) is 1. The summed E-state index contributed by atoms with van der Waals surface area (Å²) in [5.41, 5.74) is 0.706. The molecule has 5 heteroatoms. The molecule has 1 heterocycles. The van der Waals surface area contributed by atoms with E-state index in [9.17, 15) is 4.79 Å². The highest BCUT2D eigenvalue weighted by molar-refractivity contribution is 5.91. The Bertz CT molecular complexity index is 417. The van der Waals surface area contributed by atoms with Crippen molar-refractivity contribution in [1.29, 1.82) is 0 Å². The minimum Gasteiger partial charge on any atom is -0.376 e. The van der Waals surface area contributed by atoms with Crippen molar-refractivity contribution in [3.63, 3.8) is 0 Å². The molecule has 5 nitrogen and oxygen atoms in total. The van der Waals surface area contributed by atoms with Crippen LogP contribution < -0.4 is 5.32 Å². The molecule has 19 heavy (non-hydrogen) atoms. The first kappa shape index (κ1) is 14.1. The lowest BCUT2D eigenvalue weighted by molar-refractivity contribution is -0.00302. The Hall–Kier alpha value is -1.36. The molecule has 0 spiro atoms. The van der Waals surface area contributed by atoms with Gasteiger partial charge in [-0.05, 0) is 25.7 Å². The highest BCUT2D eigenvalue weighted by Crippen LogP contribution is 2.25. The average Bonchev–Trinajstić information content (AvgIpc) is 2.83. The molecule has 1 saturated carbocycles. The fraction of sp³-hybridized carbons (Fsp3) is 0.714. The second-order valence-electron chi connectivity index (χ2n) is 5.26. The van der Waals surface area contributed by atoms with Gasteiger partial charge in [0.1, 0.15) is 0 Å². The monoisotopic (exact) mass is 266 g/mol. The summed E-state index contributed by atoms with van der Waals surface area (Å²) in [6, 6.07) is 1.62. The molecule has 1 aromatic heterocycles. The third-order valence-corrected chi connectivity index (χ3v) is 3.60. The minimum absolute atomic E-state index is 0.235. The summed E-state index contributed by atoms with van der Waals surface area (Å²) in [4.78, 5) is 11.7. The standard InChI is InChI=1S/C14H22N2O3/c1-10-5-3-4-6-12(10)18-8-7-15-14(17)13-9-11(2)16-19-13/h9-10,12H,3-8H2,1-2H3,(H,15,17)/t10-,12-/m0/s1. The largest absolute Gasteiger partial charge is 0.376 e. The van der Waals surface area contributed by atoms with E-state index >= 15 is 0 Å². The molecular formula is C14H22N2O3. The molecular weight excluding hydrogens is 244 g/mol. The highest BCUT2D eigenvalue weighted by atomic mass is 16.5. The maximum absolute atomic E-state index is 11.7. The lowest BCUT2D eigenvalue weighted by Crippen LogP contribution is -2.31. The predicted molar refractivity (Wildman–Crippen MR) is 70.9 cm³/mol. The van der Waals surface area contributed by atoms with Crippen LogP contribution in [0.3, 0.4) is 0 Å². The number of rotatable bonds is 5. The molecule has 0 unspecified atom stereocenters. The van der Waals surface area contributed by atoms with E-state index in [1.807, 2.05) is 0 Å². The Morgan fingerprint density at radius 1 is 1.53 bits per heavy atom. The second-order valence-corrected chi connectivity index (χ2v) is 5.26. The third kappa shape index (κ3) is 4.06. The maximum atomic E-state index is 11.7. The molecule has 1 aromatic rings. The molecule has 0 aromatic carbocycles. The predicted octanol–water partition coefficient (Wildman–Crippen LogP) is 2.31. The summed E-state index contributed by atoms with van der Waals surface area (Å²) in [6.07, 6.45) is 5.28. The highest BCUT2D eigenvalue weighted by Gasteiger charge is 2.21. The van der Waals surface area contributed by atoms with Crippen molar-refractivity contribution in [3.05, 3.63) is 17.5 Å². The van der Waals surface area contributed by atoms with Crippen LogP contribution in [0.25, 0.3) is 0 Å². The first-order chi connectivity index (χ1) is 9.16. The molecule has 2 atom stereocenters. The van der Waals surface area contributed by atoms with Crippen molar-refractivity contribution < 1.29 is 14.1 Å². The van der Waals surface area contributed by atoms with Gasteiger partial charge in [0.05, 0.1) is 18.4 Å². The normalized spacial score (nSPS) is 23.3. The number of ether oxygens (including phenoxy) is 1. The number of hydrogen-bond acceptors (Lipinski definition) is 4. The number of carbonyl (C=O) groups is 1. The Kier molecular flexibility index (Phi) is 4.96. The van der Waals surface area contributed by atoms with Crippen LogP contribution in [0.15, 0.2) is 10.6 Å². The second kappa shape index (κ2) is 6.70. The van der Waals surface area contributed by atoms with Crippen molar-refractivity contribution in [3.8, 4) is 0 Å². The lowest BCUT2D eigenvalue weighted by atomic mass is 9.88. The molecule has 1 aliphatic carbocycles. The topological polar surface area (TPSA) is 64.4 Å². The van der Waals surface area contributed by atoms with Crippen LogP contribution >= 0.6 is 0 Å². The van der Waals surface area contributed by atoms with Gasteiger partial charge in [-0.3, -0.25) is 4.79 Å². The van der Waals surface area contributed by atoms with Gasteiger partial charge < -0.3 is 14.6 Å². The van der Waals surface area contributed by atoms with Crippen LogP contribution in [-0.2, 0) is 4.74 Å². The van der Waals surface area contributed by atoms with Crippen LogP contribution in [0.1, 0.15) is 48.9 Å². The summed E-state index contributed by atoms with van der Waals surface area (Å²) in [6.45, 7) is 5.07. The Balaban J connectivity index is 1.65. The SMILES string of the molecule is Cc1cc(C(=O)NCCO[C@H]2CCCC[C@@H]2C)on1. The summed E-state index contributed by atoms with van der Waals surface area (Å²) in [5, 5.41) is 6.45.